The van der Waals surface area contributed by atoms with E-state index in [1.807, 2.05) is 17.5 Å². The van der Waals surface area contributed by atoms with Gasteiger partial charge in [-0.25, -0.2) is 4.39 Å². The molecule has 0 radical (unpaired) electrons. The zero-order valence-electron chi connectivity index (χ0n) is 10.1. The Morgan fingerprint density at radius 2 is 2.00 bits per heavy atom. The van der Waals surface area contributed by atoms with Crippen LogP contribution in [-0.2, 0) is 4.79 Å². The molecular formula is C14H8FNOS3. The van der Waals surface area contributed by atoms with E-state index in [1.165, 1.54) is 34.1 Å². The summed E-state index contributed by atoms with van der Waals surface area (Å²) >= 11 is 7.92. The number of hydrogen-bond acceptors (Lipinski definition) is 4. The Morgan fingerprint density at radius 1 is 1.20 bits per heavy atom. The fourth-order valence-corrected chi connectivity index (χ4v) is 3.82. The molecule has 0 bridgehead atoms. The average Bonchev–Trinajstić information content (AvgIpc) is 3.01. The lowest BCUT2D eigenvalue weighted by Gasteiger charge is -2.14. The third kappa shape index (κ3) is 2.42. The van der Waals surface area contributed by atoms with Crippen molar-refractivity contribution in [2.24, 2.45) is 0 Å². The van der Waals surface area contributed by atoms with Crippen molar-refractivity contribution in [3.05, 3.63) is 57.4 Å². The molecule has 0 atom stereocenters. The fourth-order valence-electron chi connectivity index (χ4n) is 1.81. The highest BCUT2D eigenvalue weighted by molar-refractivity contribution is 8.27. The van der Waals surface area contributed by atoms with E-state index >= 15 is 0 Å². The molecular weight excluding hydrogens is 313 g/mol. The molecule has 1 aromatic carbocycles. The van der Waals surface area contributed by atoms with E-state index in [-0.39, 0.29) is 11.6 Å². The summed E-state index contributed by atoms with van der Waals surface area (Å²) in [6.45, 7) is 0. The SMILES string of the molecule is O=C1/C(=C/c2cccs2)SC(=S)N1c1ccccc1F. The largest absolute Gasteiger partial charge is 0.270 e. The van der Waals surface area contributed by atoms with E-state index in [1.54, 1.807) is 24.3 Å². The van der Waals surface area contributed by atoms with Crippen molar-refractivity contribution < 1.29 is 9.18 Å². The number of amides is 1. The van der Waals surface area contributed by atoms with E-state index < -0.39 is 5.82 Å². The van der Waals surface area contributed by atoms with Gasteiger partial charge in [0.15, 0.2) is 4.32 Å². The lowest BCUT2D eigenvalue weighted by Crippen LogP contribution is -2.28. The molecule has 3 rings (SSSR count). The molecule has 2 aromatic rings. The van der Waals surface area contributed by atoms with Gasteiger partial charge in [-0.15, -0.1) is 11.3 Å². The average molecular weight is 321 g/mol. The van der Waals surface area contributed by atoms with E-state index in [2.05, 4.69) is 0 Å². The summed E-state index contributed by atoms with van der Waals surface area (Å²) in [4.78, 5) is 15.1. The first-order chi connectivity index (χ1) is 9.66. The number of para-hydroxylation sites is 1. The van der Waals surface area contributed by atoms with Crippen LogP contribution in [0.1, 0.15) is 4.88 Å². The Morgan fingerprint density at radius 3 is 2.70 bits per heavy atom. The lowest BCUT2D eigenvalue weighted by atomic mass is 10.2. The first-order valence-electron chi connectivity index (χ1n) is 5.73. The molecule has 1 amide bonds. The molecule has 0 saturated carbocycles. The van der Waals surface area contributed by atoms with Crippen LogP contribution in [-0.4, -0.2) is 10.2 Å². The summed E-state index contributed by atoms with van der Waals surface area (Å²) < 4.78 is 14.2. The normalized spacial score (nSPS) is 17.2. The molecule has 0 aliphatic carbocycles. The van der Waals surface area contributed by atoms with Gasteiger partial charge in [0.1, 0.15) is 5.82 Å². The number of thiocarbonyl (C=S) groups is 1. The number of hydrogen-bond donors (Lipinski definition) is 0. The molecule has 1 aliphatic heterocycles. The zero-order valence-corrected chi connectivity index (χ0v) is 12.5. The standard InChI is InChI=1S/C14H8FNOS3/c15-10-5-1-2-6-11(10)16-13(17)12(20-14(16)18)8-9-4-3-7-19-9/h1-8H/b12-8-. The second-order valence-corrected chi connectivity index (χ2v) is 6.64. The number of rotatable bonds is 2. The molecule has 2 heterocycles. The number of halogens is 1. The van der Waals surface area contributed by atoms with Crippen molar-refractivity contribution in [3.8, 4) is 0 Å². The number of carbonyl (C=O) groups is 1. The maximum Gasteiger partial charge on any atom is 0.270 e. The Kier molecular flexibility index (Phi) is 3.69. The van der Waals surface area contributed by atoms with Crippen molar-refractivity contribution in [2.75, 3.05) is 4.90 Å². The van der Waals surface area contributed by atoms with Gasteiger partial charge in [0.05, 0.1) is 10.6 Å². The van der Waals surface area contributed by atoms with E-state index in [0.717, 1.165) is 4.88 Å². The van der Waals surface area contributed by atoms with Crippen LogP contribution in [0.4, 0.5) is 10.1 Å². The molecule has 1 fully saturated rings. The van der Waals surface area contributed by atoms with Gasteiger partial charge < -0.3 is 0 Å². The summed E-state index contributed by atoms with van der Waals surface area (Å²) in [6, 6.07) is 9.96. The molecule has 1 aliphatic rings. The van der Waals surface area contributed by atoms with Gasteiger partial charge in [0.25, 0.3) is 5.91 Å². The number of nitrogens with zero attached hydrogens (tertiary/aromatic N) is 1. The summed E-state index contributed by atoms with van der Waals surface area (Å²) in [6.07, 6.45) is 1.78. The molecule has 1 aromatic heterocycles. The first-order valence-corrected chi connectivity index (χ1v) is 7.83. The van der Waals surface area contributed by atoms with Gasteiger partial charge in [-0.1, -0.05) is 42.2 Å². The Labute approximate surface area is 128 Å². The number of thiophene rings is 1. The van der Waals surface area contributed by atoms with Gasteiger partial charge in [-0.2, -0.15) is 0 Å². The lowest BCUT2D eigenvalue weighted by molar-refractivity contribution is -0.113. The minimum atomic E-state index is -0.457. The topological polar surface area (TPSA) is 20.3 Å². The highest BCUT2D eigenvalue weighted by atomic mass is 32.2. The minimum absolute atomic E-state index is 0.199. The van der Waals surface area contributed by atoms with Crippen molar-refractivity contribution in [1.82, 2.24) is 0 Å². The summed E-state index contributed by atoms with van der Waals surface area (Å²) in [5, 5.41) is 1.93. The van der Waals surface area contributed by atoms with Crippen LogP contribution < -0.4 is 4.90 Å². The minimum Gasteiger partial charge on any atom is -0.268 e. The first kappa shape index (κ1) is 13.5. The van der Waals surface area contributed by atoms with E-state index in [9.17, 15) is 9.18 Å². The summed E-state index contributed by atoms with van der Waals surface area (Å²) in [5.74, 6) is -0.736. The predicted molar refractivity (Wildman–Crippen MR) is 86.4 cm³/mol. The van der Waals surface area contributed by atoms with Crippen LogP contribution >= 0.6 is 35.3 Å². The maximum atomic E-state index is 13.8. The molecule has 1 saturated heterocycles. The summed E-state index contributed by atoms with van der Waals surface area (Å²) in [7, 11) is 0. The second-order valence-electron chi connectivity index (χ2n) is 3.98. The third-order valence-electron chi connectivity index (χ3n) is 2.70. The number of anilines is 1. The molecule has 20 heavy (non-hydrogen) atoms. The second kappa shape index (κ2) is 5.47. The highest BCUT2D eigenvalue weighted by Crippen LogP contribution is 2.37. The van der Waals surface area contributed by atoms with Gasteiger partial charge in [-0.3, -0.25) is 9.69 Å². The van der Waals surface area contributed by atoms with Gasteiger partial charge in [-0.05, 0) is 29.7 Å². The van der Waals surface area contributed by atoms with E-state index in [4.69, 9.17) is 12.2 Å². The zero-order chi connectivity index (χ0) is 14.1. The van der Waals surface area contributed by atoms with Crippen LogP contribution in [0.2, 0.25) is 0 Å². The highest BCUT2D eigenvalue weighted by Gasteiger charge is 2.34. The quantitative estimate of drug-likeness (QED) is 0.608. The van der Waals surface area contributed by atoms with Crippen molar-refractivity contribution >= 4 is 57.3 Å². The van der Waals surface area contributed by atoms with Crippen LogP contribution in [0.5, 0.6) is 0 Å². The van der Waals surface area contributed by atoms with Crippen molar-refractivity contribution in [1.29, 1.82) is 0 Å². The van der Waals surface area contributed by atoms with Gasteiger partial charge in [0, 0.05) is 4.88 Å². The van der Waals surface area contributed by atoms with E-state index in [0.29, 0.717) is 9.23 Å². The van der Waals surface area contributed by atoms with Crippen LogP contribution in [0.15, 0.2) is 46.7 Å². The molecule has 0 N–H and O–H groups in total. The molecule has 0 unspecified atom stereocenters. The Hall–Kier alpha value is -1.50. The maximum absolute atomic E-state index is 13.8. The van der Waals surface area contributed by atoms with Gasteiger partial charge >= 0.3 is 0 Å². The van der Waals surface area contributed by atoms with Gasteiger partial charge in [0.2, 0.25) is 0 Å². The molecule has 2 nitrogen and oxygen atoms in total. The predicted octanol–water partition coefficient (Wildman–Crippen LogP) is 4.29. The Balaban J connectivity index is 1.98. The molecule has 0 spiro atoms. The smallest absolute Gasteiger partial charge is 0.268 e. The molecule has 100 valence electrons. The van der Waals surface area contributed by atoms with Crippen LogP contribution in [0.3, 0.4) is 0 Å². The fraction of sp³-hybridized carbons (Fsp3) is 0. The van der Waals surface area contributed by atoms with Crippen molar-refractivity contribution in [2.45, 2.75) is 0 Å². The van der Waals surface area contributed by atoms with Crippen LogP contribution in [0, 0.1) is 5.82 Å². The number of carbonyl (C=O) groups excluding carboxylic acids is 1. The number of thioether (sulfide) groups is 1. The third-order valence-corrected chi connectivity index (χ3v) is 4.83. The monoisotopic (exact) mass is 321 g/mol. The van der Waals surface area contributed by atoms with Crippen LogP contribution in [0.25, 0.3) is 6.08 Å². The summed E-state index contributed by atoms with van der Waals surface area (Å²) in [5.41, 5.74) is 0.199. The van der Waals surface area contributed by atoms with Crippen molar-refractivity contribution in [3.63, 3.8) is 0 Å². The Bertz CT molecular complexity index is 709. The number of benzene rings is 1. The molecule has 6 heteroatoms.